The van der Waals surface area contributed by atoms with E-state index in [-0.39, 0.29) is 6.04 Å². The minimum Gasteiger partial charge on any atom is -0.320 e. The predicted octanol–water partition coefficient (Wildman–Crippen LogP) is 2.57. The Labute approximate surface area is 102 Å². The van der Waals surface area contributed by atoms with Crippen LogP contribution in [0, 0.1) is 11.6 Å². The van der Waals surface area contributed by atoms with Crippen molar-refractivity contribution in [3.8, 4) is 0 Å². The van der Waals surface area contributed by atoms with Crippen molar-refractivity contribution in [2.45, 2.75) is 19.4 Å². The molecule has 0 spiro atoms. The van der Waals surface area contributed by atoms with Gasteiger partial charge in [0.15, 0.2) is 0 Å². The molecule has 2 nitrogen and oxygen atoms in total. The van der Waals surface area contributed by atoms with Crippen LogP contribution in [0.3, 0.4) is 0 Å². The van der Waals surface area contributed by atoms with Gasteiger partial charge in [-0.1, -0.05) is 0 Å². The van der Waals surface area contributed by atoms with Gasteiger partial charge in [-0.2, -0.15) is 0 Å². The number of halogens is 2. The van der Waals surface area contributed by atoms with Gasteiger partial charge in [0.05, 0.1) is 0 Å². The first-order chi connectivity index (χ1) is 8.04. The van der Waals surface area contributed by atoms with E-state index in [4.69, 9.17) is 0 Å². The van der Waals surface area contributed by atoms with Crippen molar-refractivity contribution in [2.24, 2.45) is 0 Å². The van der Waals surface area contributed by atoms with Crippen molar-refractivity contribution < 1.29 is 8.78 Å². The number of nitrogens with zero attached hydrogens (tertiary/aromatic N) is 1. The van der Waals surface area contributed by atoms with Crippen LogP contribution in [0.4, 0.5) is 8.78 Å². The van der Waals surface area contributed by atoms with Crippen LogP contribution >= 0.6 is 0 Å². The largest absolute Gasteiger partial charge is 0.320 e. The summed E-state index contributed by atoms with van der Waals surface area (Å²) in [5.41, 5.74) is 0.675. The van der Waals surface area contributed by atoms with Gasteiger partial charge in [0.2, 0.25) is 0 Å². The zero-order chi connectivity index (χ0) is 12.8. The Morgan fingerprint density at radius 3 is 2.35 bits per heavy atom. The average Bonchev–Trinajstić information content (AvgIpc) is 2.27. The standard InChI is InChI=1S/C13H20F2N2/c1-10(17(3)6-4-5-16-2)11-7-12(14)9-13(15)8-11/h7-10,16H,4-6H2,1-3H3. The van der Waals surface area contributed by atoms with Gasteiger partial charge in [-0.3, -0.25) is 4.90 Å². The summed E-state index contributed by atoms with van der Waals surface area (Å²) in [4.78, 5) is 2.09. The molecular weight excluding hydrogens is 222 g/mol. The molecule has 4 heteroatoms. The lowest BCUT2D eigenvalue weighted by atomic mass is 10.1. The second kappa shape index (κ2) is 6.67. The fourth-order valence-corrected chi connectivity index (χ4v) is 1.77. The van der Waals surface area contributed by atoms with Crippen molar-refractivity contribution in [2.75, 3.05) is 27.2 Å². The minimum absolute atomic E-state index is 0.0112. The molecule has 0 aromatic heterocycles. The third-order valence-electron chi connectivity index (χ3n) is 2.97. The fourth-order valence-electron chi connectivity index (χ4n) is 1.77. The van der Waals surface area contributed by atoms with Gasteiger partial charge in [0, 0.05) is 12.1 Å². The Kier molecular flexibility index (Phi) is 5.51. The van der Waals surface area contributed by atoms with Crippen molar-refractivity contribution in [1.82, 2.24) is 10.2 Å². The van der Waals surface area contributed by atoms with Crippen LogP contribution in [-0.2, 0) is 0 Å². The second-order valence-electron chi connectivity index (χ2n) is 4.32. The highest BCUT2D eigenvalue weighted by molar-refractivity contribution is 5.20. The molecule has 1 unspecified atom stereocenters. The van der Waals surface area contributed by atoms with E-state index in [1.54, 1.807) is 0 Å². The molecule has 0 heterocycles. The summed E-state index contributed by atoms with van der Waals surface area (Å²) < 4.78 is 26.2. The molecule has 1 rings (SSSR count). The van der Waals surface area contributed by atoms with Gasteiger partial charge in [-0.05, 0) is 58.2 Å². The summed E-state index contributed by atoms with van der Waals surface area (Å²) in [6, 6.07) is 3.69. The molecule has 1 N–H and O–H groups in total. The molecule has 0 aliphatic heterocycles. The Morgan fingerprint density at radius 2 is 1.82 bits per heavy atom. The molecule has 0 saturated heterocycles. The molecular formula is C13H20F2N2. The van der Waals surface area contributed by atoms with Crippen LogP contribution in [0.2, 0.25) is 0 Å². The van der Waals surface area contributed by atoms with E-state index in [1.165, 1.54) is 12.1 Å². The fraction of sp³-hybridized carbons (Fsp3) is 0.538. The van der Waals surface area contributed by atoms with E-state index in [1.807, 2.05) is 21.0 Å². The van der Waals surface area contributed by atoms with E-state index < -0.39 is 11.6 Å². The Hall–Kier alpha value is -1.00. The molecule has 1 atom stereocenters. The van der Waals surface area contributed by atoms with E-state index in [9.17, 15) is 8.78 Å². The number of benzene rings is 1. The molecule has 0 aliphatic carbocycles. The van der Waals surface area contributed by atoms with Gasteiger partial charge >= 0.3 is 0 Å². The zero-order valence-corrected chi connectivity index (χ0v) is 10.6. The van der Waals surface area contributed by atoms with Gasteiger partial charge in [-0.25, -0.2) is 8.78 Å². The van der Waals surface area contributed by atoms with Crippen LogP contribution in [0.15, 0.2) is 18.2 Å². The van der Waals surface area contributed by atoms with E-state index >= 15 is 0 Å². The first-order valence-corrected chi connectivity index (χ1v) is 5.85. The molecule has 17 heavy (non-hydrogen) atoms. The molecule has 1 aromatic rings. The first-order valence-electron chi connectivity index (χ1n) is 5.85. The molecule has 0 amide bonds. The third kappa shape index (κ3) is 4.40. The van der Waals surface area contributed by atoms with E-state index in [0.29, 0.717) is 5.56 Å². The lowest BCUT2D eigenvalue weighted by Crippen LogP contribution is -2.26. The topological polar surface area (TPSA) is 15.3 Å². The Balaban J connectivity index is 2.64. The quantitative estimate of drug-likeness (QED) is 0.771. The summed E-state index contributed by atoms with van der Waals surface area (Å²) in [6.45, 7) is 3.78. The van der Waals surface area contributed by atoms with Crippen LogP contribution in [-0.4, -0.2) is 32.1 Å². The van der Waals surface area contributed by atoms with Crippen molar-refractivity contribution in [3.05, 3.63) is 35.4 Å². The van der Waals surface area contributed by atoms with Gasteiger partial charge in [-0.15, -0.1) is 0 Å². The van der Waals surface area contributed by atoms with Crippen LogP contribution in [0.25, 0.3) is 0 Å². The lowest BCUT2D eigenvalue weighted by Gasteiger charge is -2.25. The minimum atomic E-state index is -0.518. The number of hydrogen-bond acceptors (Lipinski definition) is 2. The summed E-state index contributed by atoms with van der Waals surface area (Å²) in [7, 11) is 3.87. The maximum atomic E-state index is 13.1. The molecule has 0 saturated carbocycles. The van der Waals surface area contributed by atoms with Gasteiger partial charge in [0.25, 0.3) is 0 Å². The number of hydrogen-bond donors (Lipinski definition) is 1. The Bertz CT molecular complexity index is 335. The van der Waals surface area contributed by atoms with Gasteiger partial charge < -0.3 is 5.32 Å². The van der Waals surface area contributed by atoms with Crippen molar-refractivity contribution in [3.63, 3.8) is 0 Å². The molecule has 96 valence electrons. The molecule has 0 fully saturated rings. The number of rotatable bonds is 6. The molecule has 1 aromatic carbocycles. The van der Waals surface area contributed by atoms with Crippen molar-refractivity contribution in [1.29, 1.82) is 0 Å². The Morgan fingerprint density at radius 1 is 1.24 bits per heavy atom. The third-order valence-corrected chi connectivity index (χ3v) is 2.97. The maximum Gasteiger partial charge on any atom is 0.126 e. The average molecular weight is 242 g/mol. The summed E-state index contributed by atoms with van der Waals surface area (Å²) >= 11 is 0. The SMILES string of the molecule is CNCCCN(C)C(C)c1cc(F)cc(F)c1. The highest BCUT2D eigenvalue weighted by Gasteiger charge is 2.13. The van der Waals surface area contributed by atoms with Gasteiger partial charge in [0.1, 0.15) is 11.6 Å². The smallest absolute Gasteiger partial charge is 0.126 e. The second-order valence-corrected chi connectivity index (χ2v) is 4.32. The number of nitrogens with one attached hydrogen (secondary N) is 1. The van der Waals surface area contributed by atoms with E-state index in [0.717, 1.165) is 25.6 Å². The predicted molar refractivity (Wildman–Crippen MR) is 65.9 cm³/mol. The van der Waals surface area contributed by atoms with Crippen LogP contribution in [0.5, 0.6) is 0 Å². The maximum absolute atomic E-state index is 13.1. The zero-order valence-electron chi connectivity index (χ0n) is 10.6. The molecule has 0 radical (unpaired) electrons. The lowest BCUT2D eigenvalue weighted by molar-refractivity contribution is 0.257. The van der Waals surface area contributed by atoms with Crippen molar-refractivity contribution >= 4 is 0 Å². The highest BCUT2D eigenvalue weighted by atomic mass is 19.1. The normalized spacial score (nSPS) is 13.1. The molecule has 0 aliphatic rings. The highest BCUT2D eigenvalue weighted by Crippen LogP contribution is 2.20. The summed E-state index contributed by atoms with van der Waals surface area (Å²) in [6.07, 6.45) is 1.01. The summed E-state index contributed by atoms with van der Waals surface area (Å²) in [5.74, 6) is -1.04. The first kappa shape index (κ1) is 14.1. The van der Waals surface area contributed by atoms with E-state index in [2.05, 4.69) is 10.2 Å². The van der Waals surface area contributed by atoms with Crippen LogP contribution in [0.1, 0.15) is 24.9 Å². The molecule has 0 bridgehead atoms. The van der Waals surface area contributed by atoms with Crippen LogP contribution < -0.4 is 5.32 Å². The summed E-state index contributed by atoms with van der Waals surface area (Å²) in [5, 5.41) is 3.07. The monoisotopic (exact) mass is 242 g/mol.